The van der Waals surface area contributed by atoms with Crippen LogP contribution in [-0.4, -0.2) is 25.0 Å². The number of rotatable bonds is 0. The topological polar surface area (TPSA) is 122 Å². The fraction of sp³-hybridized carbons (Fsp3) is 0.111. The third kappa shape index (κ3) is 1.17. The number of hydrogen-bond donors (Lipinski definition) is 3. The van der Waals surface area contributed by atoms with Crippen molar-refractivity contribution in [1.29, 1.82) is 0 Å². The van der Waals surface area contributed by atoms with Gasteiger partial charge < -0.3 is 10.7 Å². The highest BCUT2D eigenvalue weighted by Gasteiger charge is 2.12. The zero-order valence-electron chi connectivity index (χ0n) is 8.81. The van der Waals surface area contributed by atoms with Crippen LogP contribution in [0.5, 0.6) is 0 Å². The average Bonchev–Trinajstić information content (AvgIpc) is 2.65. The minimum absolute atomic E-state index is 0.329. The van der Waals surface area contributed by atoms with Gasteiger partial charge >= 0.3 is 11.1 Å². The van der Waals surface area contributed by atoms with Gasteiger partial charge in [0.25, 0.3) is 0 Å². The van der Waals surface area contributed by atoms with Gasteiger partial charge in [-0.05, 0) is 6.07 Å². The summed E-state index contributed by atoms with van der Waals surface area (Å²) in [5.74, 6) is 0. The number of aromatic amines is 2. The molecular formula is C9H8N6O2. The van der Waals surface area contributed by atoms with E-state index in [0.29, 0.717) is 27.8 Å². The second-order valence-corrected chi connectivity index (χ2v) is 3.70. The summed E-state index contributed by atoms with van der Waals surface area (Å²) in [6, 6.07) is 1.56. The molecule has 8 nitrogen and oxygen atoms in total. The highest BCUT2D eigenvalue weighted by atomic mass is 16.2. The van der Waals surface area contributed by atoms with Gasteiger partial charge in [-0.3, -0.25) is 14.3 Å². The lowest BCUT2D eigenvalue weighted by Crippen LogP contribution is -2.29. The molecule has 86 valence electrons. The van der Waals surface area contributed by atoms with Gasteiger partial charge in [-0.25, -0.2) is 10.2 Å². The van der Waals surface area contributed by atoms with Crippen LogP contribution in [0.2, 0.25) is 0 Å². The second kappa shape index (κ2) is 2.94. The predicted molar refractivity (Wildman–Crippen MR) is 61.7 cm³/mol. The Kier molecular flexibility index (Phi) is 1.65. The fourth-order valence-corrected chi connectivity index (χ4v) is 1.84. The summed E-state index contributed by atoms with van der Waals surface area (Å²) < 4.78 is 1.61. The van der Waals surface area contributed by atoms with Crippen LogP contribution in [-0.2, 0) is 7.05 Å². The zero-order valence-corrected chi connectivity index (χ0v) is 8.81. The van der Waals surface area contributed by atoms with E-state index in [1.807, 2.05) is 0 Å². The molecule has 0 saturated heterocycles. The van der Waals surface area contributed by atoms with Gasteiger partial charge in [-0.15, -0.1) is 0 Å². The highest BCUT2D eigenvalue weighted by molar-refractivity contribution is 6.05. The summed E-state index contributed by atoms with van der Waals surface area (Å²) in [4.78, 5) is 28.6. The number of anilines is 1. The second-order valence-electron chi connectivity index (χ2n) is 3.70. The lowest BCUT2D eigenvalue weighted by molar-refractivity contribution is 0.737. The number of H-pyrrole nitrogens is 2. The van der Waals surface area contributed by atoms with E-state index in [2.05, 4.69) is 20.3 Å². The van der Waals surface area contributed by atoms with Crippen LogP contribution in [0, 0.1) is 0 Å². The average molecular weight is 232 g/mol. The van der Waals surface area contributed by atoms with E-state index in [-0.39, 0.29) is 0 Å². The van der Waals surface area contributed by atoms with Crippen molar-refractivity contribution in [3.8, 4) is 0 Å². The predicted octanol–water partition coefficient (Wildman–Crippen LogP) is -0.920. The molecule has 1 aromatic carbocycles. The lowest BCUT2D eigenvalue weighted by atomic mass is 10.2. The number of nitrogens with one attached hydrogen (secondary N) is 2. The molecule has 0 radical (unpaired) electrons. The Morgan fingerprint density at radius 1 is 1.35 bits per heavy atom. The Bertz CT molecular complexity index is 855. The molecule has 0 amide bonds. The van der Waals surface area contributed by atoms with Crippen molar-refractivity contribution in [2.75, 3.05) is 5.73 Å². The number of aryl methyl sites for hydroxylation is 1. The minimum atomic E-state index is -0.839. The Morgan fingerprint density at radius 3 is 2.88 bits per heavy atom. The number of fused-ring (bicyclic) bond motifs is 3. The van der Waals surface area contributed by atoms with Crippen molar-refractivity contribution in [2.24, 2.45) is 7.05 Å². The summed E-state index contributed by atoms with van der Waals surface area (Å²) in [5, 5.41) is 6.71. The van der Waals surface area contributed by atoms with Crippen molar-refractivity contribution in [3.63, 3.8) is 0 Å². The number of nitrogens with two attached hydrogens (primary N) is 1. The van der Waals surface area contributed by atoms with Crippen molar-refractivity contribution >= 4 is 27.8 Å². The first-order valence-corrected chi connectivity index (χ1v) is 4.81. The van der Waals surface area contributed by atoms with Crippen LogP contribution in [0.3, 0.4) is 0 Å². The first kappa shape index (κ1) is 9.58. The van der Waals surface area contributed by atoms with E-state index in [0.717, 1.165) is 0 Å². The summed E-state index contributed by atoms with van der Waals surface area (Å²) in [5.41, 5.74) is 6.50. The van der Waals surface area contributed by atoms with E-state index in [1.165, 1.54) is 0 Å². The maximum Gasteiger partial charge on any atom is 0.336 e. The van der Waals surface area contributed by atoms with Crippen LogP contribution in [0.4, 0.5) is 5.69 Å². The monoisotopic (exact) mass is 232 g/mol. The van der Waals surface area contributed by atoms with Gasteiger partial charge in [0.05, 0.1) is 11.2 Å². The van der Waals surface area contributed by atoms with Crippen molar-refractivity contribution in [1.82, 2.24) is 25.0 Å². The third-order valence-electron chi connectivity index (χ3n) is 2.58. The highest BCUT2D eigenvalue weighted by Crippen LogP contribution is 2.24. The van der Waals surface area contributed by atoms with Crippen LogP contribution in [0.1, 0.15) is 0 Å². The largest absolute Gasteiger partial charge is 0.397 e. The SMILES string of the molecule is Cn1[nH]nc2c3nc(=O)c(=O)[nH]c3cc(N)c21. The third-order valence-corrected chi connectivity index (χ3v) is 2.58. The molecular weight excluding hydrogens is 224 g/mol. The van der Waals surface area contributed by atoms with Crippen molar-refractivity contribution < 1.29 is 0 Å². The first-order chi connectivity index (χ1) is 8.08. The van der Waals surface area contributed by atoms with Crippen molar-refractivity contribution in [3.05, 3.63) is 26.8 Å². The van der Waals surface area contributed by atoms with Gasteiger partial charge in [-0.2, -0.15) is 5.10 Å². The van der Waals surface area contributed by atoms with Gasteiger partial charge in [0, 0.05) is 7.05 Å². The molecule has 17 heavy (non-hydrogen) atoms. The zero-order chi connectivity index (χ0) is 12.2. The van der Waals surface area contributed by atoms with Gasteiger partial charge in [-0.1, -0.05) is 0 Å². The van der Waals surface area contributed by atoms with Crippen LogP contribution in [0.25, 0.3) is 22.1 Å². The smallest absolute Gasteiger partial charge is 0.336 e. The molecule has 0 fully saturated rings. The van der Waals surface area contributed by atoms with E-state index in [4.69, 9.17) is 5.73 Å². The van der Waals surface area contributed by atoms with Gasteiger partial charge in [0.2, 0.25) is 0 Å². The number of hydrogen-bond acceptors (Lipinski definition) is 5. The molecule has 2 aromatic heterocycles. The number of nitrogens with zero attached hydrogens (tertiary/aromatic N) is 3. The molecule has 0 aliphatic carbocycles. The maximum atomic E-state index is 11.2. The molecule has 0 aliphatic rings. The van der Waals surface area contributed by atoms with Crippen LogP contribution < -0.4 is 16.9 Å². The standard InChI is InChI=1S/C9H8N6O2/c1-15-7-3(10)2-4-5(6(7)13-14-15)12-9(17)8(16)11-4/h2,14H,10H2,1H3,(H,11,16). The quantitative estimate of drug-likeness (QED) is 0.341. The van der Waals surface area contributed by atoms with E-state index in [9.17, 15) is 9.59 Å². The van der Waals surface area contributed by atoms with Crippen LogP contribution >= 0.6 is 0 Å². The summed E-state index contributed by atoms with van der Waals surface area (Å²) in [6.07, 6.45) is 0. The maximum absolute atomic E-state index is 11.2. The molecule has 0 unspecified atom stereocenters. The molecule has 0 aliphatic heterocycles. The first-order valence-electron chi connectivity index (χ1n) is 4.81. The molecule has 0 saturated carbocycles. The Morgan fingerprint density at radius 2 is 2.12 bits per heavy atom. The lowest BCUT2D eigenvalue weighted by Gasteiger charge is -2.01. The fourth-order valence-electron chi connectivity index (χ4n) is 1.84. The molecule has 3 rings (SSSR count). The molecule has 0 atom stereocenters. The van der Waals surface area contributed by atoms with E-state index >= 15 is 0 Å². The van der Waals surface area contributed by atoms with E-state index < -0.39 is 11.1 Å². The molecule has 8 heteroatoms. The van der Waals surface area contributed by atoms with E-state index in [1.54, 1.807) is 17.8 Å². The molecule has 4 N–H and O–H groups in total. The van der Waals surface area contributed by atoms with Crippen molar-refractivity contribution in [2.45, 2.75) is 0 Å². The number of nitrogen functional groups attached to an aromatic ring is 1. The normalized spacial score (nSPS) is 11.4. The molecule has 2 heterocycles. The Hall–Kier alpha value is -2.64. The van der Waals surface area contributed by atoms with Gasteiger partial charge in [0.15, 0.2) is 0 Å². The minimum Gasteiger partial charge on any atom is -0.397 e. The van der Waals surface area contributed by atoms with Gasteiger partial charge in [0.1, 0.15) is 16.6 Å². The number of benzene rings is 1. The summed E-state index contributed by atoms with van der Waals surface area (Å²) in [7, 11) is 1.74. The molecule has 0 bridgehead atoms. The Balaban J connectivity index is 2.69. The Labute approximate surface area is 93.1 Å². The summed E-state index contributed by atoms with van der Waals surface area (Å²) in [6.45, 7) is 0. The molecule has 0 spiro atoms. The van der Waals surface area contributed by atoms with Crippen LogP contribution in [0.15, 0.2) is 15.7 Å². The summed E-state index contributed by atoms with van der Waals surface area (Å²) >= 11 is 0. The number of aromatic nitrogens is 5. The molecule has 3 aromatic rings.